The third-order valence-electron chi connectivity index (χ3n) is 6.47. The maximum atomic E-state index is 11.8. The molecule has 0 saturated carbocycles. The van der Waals surface area contributed by atoms with Gasteiger partial charge in [0, 0.05) is 18.0 Å². The lowest BCUT2D eigenvalue weighted by Crippen LogP contribution is -2.42. The summed E-state index contributed by atoms with van der Waals surface area (Å²) in [6.45, 7) is 2.96. The SMILES string of the molecule is O=C(NO)c1ccc2oc(C3(CN4CCCCC4)C=CC(c4ccccc4)C=C3)nc2c1. The Morgan fingerprint density at radius 3 is 2.56 bits per heavy atom. The molecule has 6 nitrogen and oxygen atoms in total. The van der Waals surface area contributed by atoms with Crippen LogP contribution in [-0.2, 0) is 5.41 Å². The molecule has 0 unspecified atom stereocenters. The van der Waals surface area contributed by atoms with E-state index in [4.69, 9.17) is 14.6 Å². The summed E-state index contributed by atoms with van der Waals surface area (Å²) >= 11 is 0. The number of aromatic nitrogens is 1. The summed E-state index contributed by atoms with van der Waals surface area (Å²) in [7, 11) is 0. The molecule has 3 aromatic rings. The van der Waals surface area contributed by atoms with Gasteiger partial charge in [0.15, 0.2) is 5.58 Å². The van der Waals surface area contributed by atoms with Crippen LogP contribution in [0.15, 0.2) is 77.3 Å². The molecule has 1 fully saturated rings. The lowest BCUT2D eigenvalue weighted by molar-refractivity contribution is 0.0706. The molecule has 164 valence electrons. The summed E-state index contributed by atoms with van der Waals surface area (Å²) in [5.41, 5.74) is 4.02. The maximum absolute atomic E-state index is 11.8. The van der Waals surface area contributed by atoms with E-state index in [2.05, 4.69) is 53.5 Å². The highest BCUT2D eigenvalue weighted by Gasteiger charge is 2.37. The number of amides is 1. The first-order valence-electron chi connectivity index (χ1n) is 11.2. The van der Waals surface area contributed by atoms with Crippen LogP contribution in [0.5, 0.6) is 0 Å². The number of hydrogen-bond acceptors (Lipinski definition) is 5. The van der Waals surface area contributed by atoms with Crippen molar-refractivity contribution in [3.8, 4) is 0 Å². The number of piperidine rings is 1. The molecule has 2 aromatic carbocycles. The molecule has 6 heteroatoms. The second-order valence-electron chi connectivity index (χ2n) is 8.67. The zero-order valence-electron chi connectivity index (χ0n) is 17.9. The van der Waals surface area contributed by atoms with Crippen LogP contribution in [0.1, 0.15) is 47.0 Å². The zero-order chi connectivity index (χ0) is 22.0. The van der Waals surface area contributed by atoms with Crippen LogP contribution in [0.4, 0.5) is 0 Å². The van der Waals surface area contributed by atoms with E-state index >= 15 is 0 Å². The van der Waals surface area contributed by atoms with Crippen LogP contribution in [-0.4, -0.2) is 40.6 Å². The first kappa shape index (κ1) is 20.7. The number of nitrogens with one attached hydrogen (secondary N) is 1. The molecular formula is C26H27N3O3. The van der Waals surface area contributed by atoms with E-state index in [1.54, 1.807) is 23.7 Å². The molecule has 1 saturated heterocycles. The van der Waals surface area contributed by atoms with Crippen molar-refractivity contribution in [2.75, 3.05) is 19.6 Å². The number of carbonyl (C=O) groups excluding carboxylic acids is 1. The van der Waals surface area contributed by atoms with Crippen LogP contribution >= 0.6 is 0 Å². The average molecular weight is 430 g/mol. The fourth-order valence-electron chi connectivity index (χ4n) is 4.70. The fourth-order valence-corrected chi connectivity index (χ4v) is 4.70. The summed E-state index contributed by atoms with van der Waals surface area (Å²) in [5, 5.41) is 8.94. The van der Waals surface area contributed by atoms with Crippen molar-refractivity contribution in [2.45, 2.75) is 30.6 Å². The second kappa shape index (κ2) is 8.73. The van der Waals surface area contributed by atoms with E-state index in [0.717, 1.165) is 19.6 Å². The molecule has 5 rings (SSSR count). The second-order valence-corrected chi connectivity index (χ2v) is 8.67. The molecule has 0 atom stereocenters. The van der Waals surface area contributed by atoms with Crippen LogP contribution in [0.3, 0.4) is 0 Å². The molecule has 0 spiro atoms. The van der Waals surface area contributed by atoms with Gasteiger partial charge in [0.1, 0.15) is 5.52 Å². The van der Waals surface area contributed by atoms with E-state index in [1.807, 2.05) is 6.07 Å². The lowest BCUT2D eigenvalue weighted by Gasteiger charge is -2.36. The Balaban J connectivity index is 1.52. The van der Waals surface area contributed by atoms with Gasteiger partial charge in [-0.15, -0.1) is 0 Å². The standard InChI is InChI=1S/C26H27N3O3/c30-24(28-31)21-9-10-23-22(17-21)27-25(32-23)26(18-29-15-5-2-6-16-29)13-11-20(12-14-26)19-7-3-1-4-8-19/h1,3-4,7-14,17,20,31H,2,5-6,15-16,18H2,(H,28,30). The van der Waals surface area contributed by atoms with Crippen molar-refractivity contribution in [1.82, 2.24) is 15.4 Å². The van der Waals surface area contributed by atoms with Crippen molar-refractivity contribution in [2.24, 2.45) is 0 Å². The Morgan fingerprint density at radius 2 is 1.84 bits per heavy atom. The maximum Gasteiger partial charge on any atom is 0.274 e. The van der Waals surface area contributed by atoms with Crippen LogP contribution in [0.2, 0.25) is 0 Å². The first-order chi connectivity index (χ1) is 15.7. The van der Waals surface area contributed by atoms with Crippen molar-refractivity contribution in [3.63, 3.8) is 0 Å². The van der Waals surface area contributed by atoms with Gasteiger partial charge < -0.3 is 9.32 Å². The number of likely N-dealkylation sites (tertiary alicyclic amines) is 1. The highest BCUT2D eigenvalue weighted by atomic mass is 16.5. The number of rotatable bonds is 5. The predicted molar refractivity (Wildman–Crippen MR) is 123 cm³/mol. The first-order valence-corrected chi connectivity index (χ1v) is 11.2. The van der Waals surface area contributed by atoms with Crippen molar-refractivity contribution >= 4 is 17.0 Å². The molecular weight excluding hydrogens is 402 g/mol. The van der Waals surface area contributed by atoms with Crippen LogP contribution < -0.4 is 5.48 Å². The van der Waals surface area contributed by atoms with Crippen molar-refractivity contribution in [1.29, 1.82) is 0 Å². The Morgan fingerprint density at radius 1 is 1.09 bits per heavy atom. The number of fused-ring (bicyclic) bond motifs is 1. The van der Waals surface area contributed by atoms with Gasteiger partial charge in [-0.3, -0.25) is 10.0 Å². The number of hydroxylamine groups is 1. The Labute approximate surface area is 187 Å². The number of oxazole rings is 1. The summed E-state index contributed by atoms with van der Waals surface area (Å²) in [5.74, 6) is 0.274. The van der Waals surface area contributed by atoms with E-state index in [9.17, 15) is 4.79 Å². The van der Waals surface area contributed by atoms with E-state index in [-0.39, 0.29) is 5.92 Å². The minimum Gasteiger partial charge on any atom is -0.439 e. The van der Waals surface area contributed by atoms with Gasteiger partial charge >= 0.3 is 0 Å². The van der Waals surface area contributed by atoms with E-state index in [0.29, 0.717) is 22.6 Å². The minimum absolute atomic E-state index is 0.218. The monoisotopic (exact) mass is 429 g/mol. The summed E-state index contributed by atoms with van der Waals surface area (Å²) in [6, 6.07) is 15.4. The molecule has 2 aliphatic rings. The third-order valence-corrected chi connectivity index (χ3v) is 6.47. The quantitative estimate of drug-likeness (QED) is 0.353. The van der Waals surface area contributed by atoms with Gasteiger partial charge in [0.25, 0.3) is 5.91 Å². The van der Waals surface area contributed by atoms with Crippen LogP contribution in [0.25, 0.3) is 11.1 Å². The highest BCUT2D eigenvalue weighted by molar-refractivity contribution is 5.96. The smallest absolute Gasteiger partial charge is 0.274 e. The van der Waals surface area contributed by atoms with E-state index < -0.39 is 11.3 Å². The van der Waals surface area contributed by atoms with E-state index in [1.165, 1.54) is 24.8 Å². The van der Waals surface area contributed by atoms with Crippen molar-refractivity contribution in [3.05, 3.63) is 89.9 Å². The summed E-state index contributed by atoms with van der Waals surface area (Å²) in [6.07, 6.45) is 12.6. The average Bonchev–Trinajstić information content (AvgIpc) is 3.29. The van der Waals surface area contributed by atoms with Gasteiger partial charge in [-0.2, -0.15) is 0 Å². The summed E-state index contributed by atoms with van der Waals surface area (Å²) in [4.78, 5) is 19.1. The molecule has 2 heterocycles. The number of benzene rings is 2. The number of nitrogens with zero attached hydrogens (tertiary/aromatic N) is 2. The molecule has 1 amide bonds. The normalized spacial score (nSPS) is 23.5. The molecule has 2 N–H and O–H groups in total. The molecule has 1 aliphatic carbocycles. The van der Waals surface area contributed by atoms with Crippen molar-refractivity contribution < 1.29 is 14.4 Å². The predicted octanol–water partition coefficient (Wildman–Crippen LogP) is 4.58. The molecule has 0 radical (unpaired) electrons. The number of hydrogen-bond donors (Lipinski definition) is 2. The Kier molecular flexibility index (Phi) is 5.64. The number of carbonyl (C=O) groups is 1. The van der Waals surface area contributed by atoms with Gasteiger partial charge in [-0.25, -0.2) is 10.5 Å². The largest absolute Gasteiger partial charge is 0.439 e. The minimum atomic E-state index is -0.567. The molecule has 1 aromatic heterocycles. The van der Waals surface area contributed by atoms with Gasteiger partial charge in [-0.1, -0.05) is 61.1 Å². The Hall–Kier alpha value is -3.22. The molecule has 0 bridgehead atoms. The van der Waals surface area contributed by atoms with Gasteiger partial charge in [-0.05, 0) is 49.7 Å². The van der Waals surface area contributed by atoms with Gasteiger partial charge in [0.05, 0.1) is 5.41 Å². The fraction of sp³-hybridized carbons (Fsp3) is 0.308. The number of allylic oxidation sites excluding steroid dienone is 2. The highest BCUT2D eigenvalue weighted by Crippen LogP contribution is 2.37. The molecule has 32 heavy (non-hydrogen) atoms. The third kappa shape index (κ3) is 3.99. The van der Waals surface area contributed by atoms with Crippen LogP contribution in [0, 0.1) is 0 Å². The molecule has 1 aliphatic heterocycles. The Bertz CT molecular complexity index is 1150. The lowest BCUT2D eigenvalue weighted by atomic mass is 9.79. The zero-order valence-corrected chi connectivity index (χ0v) is 17.9. The summed E-state index contributed by atoms with van der Waals surface area (Å²) < 4.78 is 6.23. The van der Waals surface area contributed by atoms with Gasteiger partial charge in [0.2, 0.25) is 5.89 Å². The topological polar surface area (TPSA) is 78.6 Å².